The molecule has 1 fully saturated rings. The second-order valence-corrected chi connectivity index (χ2v) is 5.66. The summed E-state index contributed by atoms with van der Waals surface area (Å²) >= 11 is 0. The second kappa shape index (κ2) is 7.49. The third-order valence-electron chi connectivity index (χ3n) is 3.93. The molecule has 5 nitrogen and oxygen atoms in total. The number of ether oxygens (including phenoxy) is 2. The van der Waals surface area contributed by atoms with Crippen molar-refractivity contribution in [2.45, 2.75) is 45.2 Å². The van der Waals surface area contributed by atoms with E-state index in [1.807, 2.05) is 23.1 Å². The number of carbonyl (C=O) groups is 1. The highest BCUT2D eigenvalue weighted by Crippen LogP contribution is 2.37. The van der Waals surface area contributed by atoms with E-state index in [4.69, 9.17) is 15.2 Å². The van der Waals surface area contributed by atoms with Crippen molar-refractivity contribution in [1.29, 1.82) is 0 Å². The van der Waals surface area contributed by atoms with E-state index in [-0.39, 0.29) is 18.0 Å². The van der Waals surface area contributed by atoms with Gasteiger partial charge in [-0.15, -0.1) is 0 Å². The van der Waals surface area contributed by atoms with Crippen LogP contribution in [-0.4, -0.2) is 37.1 Å². The van der Waals surface area contributed by atoms with E-state index < -0.39 is 0 Å². The topological polar surface area (TPSA) is 64.8 Å². The van der Waals surface area contributed by atoms with Gasteiger partial charge in [-0.1, -0.05) is 19.9 Å². The Bertz CT molecular complexity index is 519. The molecule has 0 spiro atoms. The lowest BCUT2D eigenvalue weighted by Gasteiger charge is -2.27. The normalized spacial score (nSPS) is 21.3. The second-order valence-electron chi connectivity index (χ2n) is 5.66. The SMILES string of the molecule is CCCOc1cc(C2C(N)CC(=O)N2CCC)ccc1OC. The quantitative estimate of drug-likeness (QED) is 0.840. The molecule has 5 heteroatoms. The van der Waals surface area contributed by atoms with E-state index >= 15 is 0 Å². The summed E-state index contributed by atoms with van der Waals surface area (Å²) in [7, 11) is 1.63. The van der Waals surface area contributed by atoms with Crippen LogP contribution in [0, 0.1) is 0 Å². The molecule has 122 valence electrons. The molecule has 1 amide bonds. The summed E-state index contributed by atoms with van der Waals surface area (Å²) in [6.45, 7) is 5.49. The fourth-order valence-corrected chi connectivity index (χ4v) is 2.95. The molecule has 1 aromatic carbocycles. The van der Waals surface area contributed by atoms with Gasteiger partial charge in [-0.2, -0.15) is 0 Å². The summed E-state index contributed by atoms with van der Waals surface area (Å²) in [6, 6.07) is 5.57. The van der Waals surface area contributed by atoms with Gasteiger partial charge in [0.05, 0.1) is 19.8 Å². The first-order valence-corrected chi connectivity index (χ1v) is 7.98. The molecule has 22 heavy (non-hydrogen) atoms. The predicted octanol–water partition coefficient (Wildman–Crippen LogP) is 2.49. The molecule has 2 unspecified atom stereocenters. The highest BCUT2D eigenvalue weighted by molar-refractivity contribution is 5.80. The Labute approximate surface area is 132 Å². The van der Waals surface area contributed by atoms with Gasteiger partial charge in [0, 0.05) is 19.0 Å². The average Bonchev–Trinajstić information content (AvgIpc) is 2.79. The van der Waals surface area contributed by atoms with Crippen molar-refractivity contribution in [3.8, 4) is 11.5 Å². The van der Waals surface area contributed by atoms with Crippen molar-refractivity contribution in [2.75, 3.05) is 20.3 Å². The average molecular weight is 306 g/mol. The zero-order valence-corrected chi connectivity index (χ0v) is 13.7. The number of nitrogens with two attached hydrogens (primary N) is 1. The number of amides is 1. The maximum Gasteiger partial charge on any atom is 0.224 e. The first kappa shape index (κ1) is 16.6. The number of nitrogens with zero attached hydrogens (tertiary/aromatic N) is 1. The summed E-state index contributed by atoms with van der Waals surface area (Å²) < 4.78 is 11.1. The van der Waals surface area contributed by atoms with Gasteiger partial charge in [0.25, 0.3) is 0 Å². The molecule has 0 aromatic heterocycles. The molecule has 0 radical (unpaired) electrons. The molecule has 1 aliphatic heterocycles. The molecule has 1 aliphatic rings. The van der Waals surface area contributed by atoms with Crippen molar-refractivity contribution >= 4 is 5.91 Å². The molecule has 1 heterocycles. The molecule has 0 aliphatic carbocycles. The van der Waals surface area contributed by atoms with Crippen molar-refractivity contribution in [1.82, 2.24) is 4.90 Å². The molecule has 2 rings (SSSR count). The molecule has 0 saturated carbocycles. The van der Waals surface area contributed by atoms with Crippen LogP contribution in [0.4, 0.5) is 0 Å². The zero-order chi connectivity index (χ0) is 16.1. The van der Waals surface area contributed by atoms with E-state index in [9.17, 15) is 4.79 Å². The highest BCUT2D eigenvalue weighted by Gasteiger charge is 2.38. The number of rotatable bonds is 7. The van der Waals surface area contributed by atoms with Gasteiger partial charge in [-0.25, -0.2) is 0 Å². The van der Waals surface area contributed by atoms with Gasteiger partial charge >= 0.3 is 0 Å². The van der Waals surface area contributed by atoms with Crippen LogP contribution >= 0.6 is 0 Å². The van der Waals surface area contributed by atoms with E-state index in [2.05, 4.69) is 13.8 Å². The predicted molar refractivity (Wildman–Crippen MR) is 86.1 cm³/mol. The Balaban J connectivity index is 2.31. The molecule has 2 atom stereocenters. The molecular formula is C17H26N2O3. The molecule has 1 aromatic rings. The summed E-state index contributed by atoms with van der Waals surface area (Å²) in [5.74, 6) is 1.55. The van der Waals surface area contributed by atoms with Crippen LogP contribution in [0.15, 0.2) is 18.2 Å². The number of benzene rings is 1. The number of hydrogen-bond donors (Lipinski definition) is 1. The lowest BCUT2D eigenvalue weighted by Crippen LogP contribution is -2.33. The molecule has 0 bridgehead atoms. The van der Waals surface area contributed by atoms with Crippen LogP contribution in [0.1, 0.15) is 44.7 Å². The van der Waals surface area contributed by atoms with Crippen LogP contribution in [0.3, 0.4) is 0 Å². The molecular weight excluding hydrogens is 280 g/mol. The zero-order valence-electron chi connectivity index (χ0n) is 13.7. The number of likely N-dealkylation sites (tertiary alicyclic amines) is 1. The monoisotopic (exact) mass is 306 g/mol. The van der Waals surface area contributed by atoms with Crippen molar-refractivity contribution in [3.05, 3.63) is 23.8 Å². The third kappa shape index (κ3) is 3.35. The lowest BCUT2D eigenvalue weighted by atomic mass is 10.00. The third-order valence-corrected chi connectivity index (χ3v) is 3.93. The summed E-state index contributed by atoms with van der Waals surface area (Å²) in [5, 5.41) is 0. The first-order valence-electron chi connectivity index (χ1n) is 7.98. The number of methoxy groups -OCH3 is 1. The maximum atomic E-state index is 12.1. The number of carbonyl (C=O) groups excluding carboxylic acids is 1. The van der Waals surface area contributed by atoms with Crippen LogP contribution in [0.25, 0.3) is 0 Å². The van der Waals surface area contributed by atoms with Gasteiger partial charge in [-0.05, 0) is 30.5 Å². The van der Waals surface area contributed by atoms with E-state index in [0.717, 1.165) is 24.9 Å². The van der Waals surface area contributed by atoms with Crippen molar-refractivity contribution in [2.24, 2.45) is 5.73 Å². The van der Waals surface area contributed by atoms with Gasteiger partial charge < -0.3 is 20.1 Å². The van der Waals surface area contributed by atoms with Gasteiger partial charge in [-0.3, -0.25) is 4.79 Å². The minimum absolute atomic E-state index is 0.0812. The lowest BCUT2D eigenvalue weighted by molar-refractivity contribution is -0.129. The fraction of sp³-hybridized carbons (Fsp3) is 0.588. The maximum absolute atomic E-state index is 12.1. The Hall–Kier alpha value is -1.75. The molecule has 1 saturated heterocycles. The summed E-state index contributed by atoms with van der Waals surface area (Å²) in [5.41, 5.74) is 7.22. The van der Waals surface area contributed by atoms with Crippen LogP contribution < -0.4 is 15.2 Å². The van der Waals surface area contributed by atoms with E-state index in [1.54, 1.807) is 7.11 Å². The Morgan fingerprint density at radius 2 is 2.05 bits per heavy atom. The van der Waals surface area contributed by atoms with E-state index in [0.29, 0.717) is 24.5 Å². The number of hydrogen-bond acceptors (Lipinski definition) is 4. The van der Waals surface area contributed by atoms with Crippen molar-refractivity contribution < 1.29 is 14.3 Å². The Morgan fingerprint density at radius 3 is 2.68 bits per heavy atom. The van der Waals surface area contributed by atoms with Crippen molar-refractivity contribution in [3.63, 3.8) is 0 Å². The Morgan fingerprint density at radius 1 is 1.27 bits per heavy atom. The Kier molecular flexibility index (Phi) is 5.66. The summed E-state index contributed by atoms with van der Waals surface area (Å²) in [6.07, 6.45) is 2.25. The largest absolute Gasteiger partial charge is 0.493 e. The van der Waals surface area contributed by atoms with Gasteiger partial charge in [0.2, 0.25) is 5.91 Å². The fourth-order valence-electron chi connectivity index (χ4n) is 2.95. The minimum Gasteiger partial charge on any atom is -0.493 e. The smallest absolute Gasteiger partial charge is 0.224 e. The highest BCUT2D eigenvalue weighted by atomic mass is 16.5. The summed E-state index contributed by atoms with van der Waals surface area (Å²) in [4.78, 5) is 14.0. The standard InChI is InChI=1S/C17H26N2O3/c1-4-8-19-16(20)11-13(18)17(19)12-6-7-14(21-3)15(10-12)22-9-5-2/h6-7,10,13,17H,4-5,8-9,11,18H2,1-3H3. The van der Waals surface area contributed by atoms with Crippen LogP contribution in [-0.2, 0) is 4.79 Å². The minimum atomic E-state index is -0.175. The van der Waals surface area contributed by atoms with Gasteiger partial charge in [0.15, 0.2) is 11.5 Å². The van der Waals surface area contributed by atoms with Crippen LogP contribution in [0.5, 0.6) is 11.5 Å². The van der Waals surface area contributed by atoms with Crippen LogP contribution in [0.2, 0.25) is 0 Å². The van der Waals surface area contributed by atoms with Gasteiger partial charge in [0.1, 0.15) is 0 Å². The van der Waals surface area contributed by atoms with E-state index in [1.165, 1.54) is 0 Å². The molecule has 2 N–H and O–H groups in total. The first-order chi connectivity index (χ1) is 10.6.